The van der Waals surface area contributed by atoms with Crippen molar-refractivity contribution < 1.29 is 4.79 Å². The van der Waals surface area contributed by atoms with Gasteiger partial charge in [-0.15, -0.1) is 0 Å². The van der Waals surface area contributed by atoms with E-state index >= 15 is 0 Å². The largest absolute Gasteiger partial charge is 0.348 e. The quantitative estimate of drug-likeness (QED) is 0.854. The lowest BCUT2D eigenvalue weighted by molar-refractivity contribution is -0.121. The zero-order valence-electron chi connectivity index (χ0n) is 12.6. The first-order valence-corrected chi connectivity index (χ1v) is 8.59. The Hall–Kier alpha value is -2.01. The third-order valence-electron chi connectivity index (χ3n) is 3.35. The van der Waals surface area contributed by atoms with Crippen molar-refractivity contribution in [2.24, 2.45) is 0 Å². The molecule has 4 nitrogen and oxygen atoms in total. The van der Waals surface area contributed by atoms with Crippen molar-refractivity contribution in [2.75, 3.05) is 12.0 Å². The molecule has 0 fully saturated rings. The van der Waals surface area contributed by atoms with Gasteiger partial charge in [0, 0.05) is 31.0 Å². The molecular weight excluding hydrogens is 296 g/mol. The third-order valence-corrected chi connectivity index (χ3v) is 4.02. The Morgan fingerprint density at radius 3 is 2.59 bits per heavy atom. The molecule has 0 saturated carbocycles. The number of thioether (sulfide) groups is 1. The highest BCUT2D eigenvalue weighted by atomic mass is 32.2. The van der Waals surface area contributed by atoms with E-state index in [1.807, 2.05) is 36.6 Å². The third kappa shape index (κ3) is 4.77. The molecule has 0 saturated heterocycles. The molecule has 1 aromatic heterocycles. The van der Waals surface area contributed by atoms with Gasteiger partial charge in [0.2, 0.25) is 5.91 Å². The Balaban J connectivity index is 1.94. The lowest BCUT2D eigenvalue weighted by atomic mass is 10.1. The molecular formula is C17H20N2O2S. The van der Waals surface area contributed by atoms with Gasteiger partial charge in [-0.05, 0) is 17.9 Å². The van der Waals surface area contributed by atoms with Gasteiger partial charge in [-0.2, -0.15) is 11.8 Å². The van der Waals surface area contributed by atoms with Crippen LogP contribution >= 0.6 is 11.8 Å². The van der Waals surface area contributed by atoms with E-state index in [0.29, 0.717) is 13.0 Å². The van der Waals surface area contributed by atoms with Crippen molar-refractivity contribution in [1.82, 2.24) is 9.88 Å². The molecule has 0 aliphatic heterocycles. The number of carbonyl (C=O) groups is 1. The Morgan fingerprint density at radius 2 is 1.91 bits per heavy atom. The van der Waals surface area contributed by atoms with E-state index in [2.05, 4.69) is 5.32 Å². The molecule has 116 valence electrons. The number of benzene rings is 1. The van der Waals surface area contributed by atoms with Crippen LogP contribution in [-0.4, -0.2) is 22.5 Å². The van der Waals surface area contributed by atoms with Gasteiger partial charge in [-0.25, -0.2) is 0 Å². The second-order valence-electron chi connectivity index (χ2n) is 4.97. The van der Waals surface area contributed by atoms with Gasteiger partial charge in [0.25, 0.3) is 5.56 Å². The summed E-state index contributed by atoms with van der Waals surface area (Å²) in [5, 5.41) is 3.05. The van der Waals surface area contributed by atoms with Crippen LogP contribution in [0.4, 0.5) is 0 Å². The van der Waals surface area contributed by atoms with E-state index in [1.165, 1.54) is 6.07 Å². The van der Waals surface area contributed by atoms with E-state index < -0.39 is 0 Å². The number of carbonyl (C=O) groups excluding carboxylic acids is 1. The van der Waals surface area contributed by atoms with Crippen LogP contribution in [0.5, 0.6) is 0 Å². The minimum absolute atomic E-state index is 0.00352. The van der Waals surface area contributed by atoms with Crippen molar-refractivity contribution in [3.05, 3.63) is 70.6 Å². The average Bonchev–Trinajstić information content (AvgIpc) is 2.54. The van der Waals surface area contributed by atoms with Crippen LogP contribution in [0, 0.1) is 0 Å². The molecule has 5 heteroatoms. The second kappa shape index (κ2) is 8.44. The molecule has 0 aliphatic carbocycles. The summed E-state index contributed by atoms with van der Waals surface area (Å²) >= 11 is 1.69. The van der Waals surface area contributed by atoms with Crippen LogP contribution in [0.2, 0.25) is 0 Å². The number of hydrogen-bond acceptors (Lipinski definition) is 3. The zero-order valence-corrected chi connectivity index (χ0v) is 13.4. The van der Waals surface area contributed by atoms with Gasteiger partial charge in [-0.1, -0.05) is 36.4 Å². The summed E-state index contributed by atoms with van der Waals surface area (Å²) in [4.78, 5) is 23.8. The number of nitrogens with zero attached hydrogens (tertiary/aromatic N) is 1. The van der Waals surface area contributed by atoms with E-state index in [-0.39, 0.29) is 17.5 Å². The normalized spacial score (nSPS) is 11.9. The first-order valence-electron chi connectivity index (χ1n) is 7.19. The average molecular weight is 316 g/mol. The molecule has 1 amide bonds. The molecule has 1 heterocycles. The van der Waals surface area contributed by atoms with Crippen LogP contribution < -0.4 is 10.9 Å². The Bertz CT molecular complexity index is 655. The highest BCUT2D eigenvalue weighted by Gasteiger charge is 2.13. The van der Waals surface area contributed by atoms with E-state index in [4.69, 9.17) is 0 Å². The van der Waals surface area contributed by atoms with Crippen LogP contribution in [0.25, 0.3) is 0 Å². The molecule has 0 aliphatic rings. The first kappa shape index (κ1) is 16.4. The molecule has 0 bridgehead atoms. The topological polar surface area (TPSA) is 51.1 Å². The van der Waals surface area contributed by atoms with Crippen molar-refractivity contribution >= 4 is 17.7 Å². The summed E-state index contributed by atoms with van der Waals surface area (Å²) in [6.45, 7) is 0.395. The molecule has 0 spiro atoms. The number of pyridine rings is 1. The van der Waals surface area contributed by atoms with Gasteiger partial charge in [0.15, 0.2) is 0 Å². The lowest BCUT2D eigenvalue weighted by Gasteiger charge is -2.18. The SMILES string of the molecule is CSC[C@H](NC(=O)CCn1ccccc1=O)c1ccccc1. The van der Waals surface area contributed by atoms with Gasteiger partial charge in [-0.3, -0.25) is 9.59 Å². The number of aromatic nitrogens is 1. The summed E-state index contributed by atoms with van der Waals surface area (Å²) in [5.41, 5.74) is 1.01. The van der Waals surface area contributed by atoms with E-state index in [9.17, 15) is 9.59 Å². The van der Waals surface area contributed by atoms with Crippen LogP contribution in [0.3, 0.4) is 0 Å². The van der Waals surface area contributed by atoms with Crippen molar-refractivity contribution in [1.29, 1.82) is 0 Å². The van der Waals surface area contributed by atoms with Gasteiger partial charge < -0.3 is 9.88 Å². The summed E-state index contributed by atoms with van der Waals surface area (Å²) in [6.07, 6.45) is 4.01. The van der Waals surface area contributed by atoms with Crippen LogP contribution in [0.1, 0.15) is 18.0 Å². The van der Waals surface area contributed by atoms with Gasteiger partial charge in [0.1, 0.15) is 0 Å². The number of rotatable bonds is 7. The smallest absolute Gasteiger partial charge is 0.250 e. The molecule has 0 radical (unpaired) electrons. The minimum atomic E-state index is -0.0842. The summed E-state index contributed by atoms with van der Waals surface area (Å²) in [5.74, 6) is 0.778. The Kier molecular flexibility index (Phi) is 6.27. The monoisotopic (exact) mass is 316 g/mol. The number of nitrogens with one attached hydrogen (secondary N) is 1. The van der Waals surface area contributed by atoms with Crippen LogP contribution in [-0.2, 0) is 11.3 Å². The highest BCUT2D eigenvalue weighted by Crippen LogP contribution is 2.16. The van der Waals surface area contributed by atoms with E-state index in [1.54, 1.807) is 34.7 Å². The molecule has 0 unspecified atom stereocenters. The van der Waals surface area contributed by atoms with Crippen molar-refractivity contribution in [3.63, 3.8) is 0 Å². The Morgan fingerprint density at radius 1 is 1.18 bits per heavy atom. The molecule has 1 N–H and O–H groups in total. The fourth-order valence-corrected chi connectivity index (χ4v) is 2.82. The predicted molar refractivity (Wildman–Crippen MR) is 91.0 cm³/mol. The van der Waals surface area contributed by atoms with Gasteiger partial charge in [0.05, 0.1) is 6.04 Å². The predicted octanol–water partition coefficient (Wildman–Crippen LogP) is 2.46. The highest BCUT2D eigenvalue weighted by molar-refractivity contribution is 7.98. The fourth-order valence-electron chi connectivity index (χ4n) is 2.21. The number of amides is 1. The second-order valence-corrected chi connectivity index (χ2v) is 5.88. The summed E-state index contributed by atoms with van der Waals surface area (Å²) in [7, 11) is 0. The lowest BCUT2D eigenvalue weighted by Crippen LogP contribution is -2.31. The number of aryl methyl sites for hydroxylation is 1. The molecule has 2 aromatic rings. The van der Waals surface area contributed by atoms with Gasteiger partial charge >= 0.3 is 0 Å². The standard InChI is InChI=1S/C17H20N2O2S/c1-22-13-15(14-7-3-2-4-8-14)18-16(20)10-12-19-11-6-5-9-17(19)21/h2-9,11,15H,10,12-13H2,1H3,(H,18,20)/t15-/m0/s1. The maximum absolute atomic E-state index is 12.2. The van der Waals surface area contributed by atoms with Crippen molar-refractivity contribution in [2.45, 2.75) is 19.0 Å². The van der Waals surface area contributed by atoms with Crippen molar-refractivity contribution in [3.8, 4) is 0 Å². The minimum Gasteiger partial charge on any atom is -0.348 e. The zero-order chi connectivity index (χ0) is 15.8. The maximum atomic E-state index is 12.2. The molecule has 2 rings (SSSR count). The fraction of sp³-hybridized carbons (Fsp3) is 0.294. The first-order chi connectivity index (χ1) is 10.7. The summed E-state index contributed by atoms with van der Waals surface area (Å²) in [6, 6.07) is 14.9. The van der Waals surface area contributed by atoms with Crippen LogP contribution in [0.15, 0.2) is 59.5 Å². The molecule has 1 aromatic carbocycles. The van der Waals surface area contributed by atoms with E-state index in [0.717, 1.165) is 11.3 Å². The Labute approximate surface area is 134 Å². The maximum Gasteiger partial charge on any atom is 0.250 e. The number of hydrogen-bond donors (Lipinski definition) is 1. The molecule has 22 heavy (non-hydrogen) atoms. The molecule has 1 atom stereocenters. The summed E-state index contributed by atoms with van der Waals surface area (Å²) < 4.78 is 1.55.